The SMILES string of the molecule is CCOC(=O)c1cccnc1-n1ccc(-c2ccccc2)n1. The van der Waals surface area contributed by atoms with Crippen LogP contribution in [0.4, 0.5) is 0 Å². The highest BCUT2D eigenvalue weighted by molar-refractivity contribution is 5.92. The quantitative estimate of drug-likeness (QED) is 0.694. The molecule has 0 fully saturated rings. The second-order valence-electron chi connectivity index (χ2n) is 4.61. The van der Waals surface area contributed by atoms with E-state index in [1.54, 1.807) is 36.1 Å². The van der Waals surface area contributed by atoms with Crippen molar-refractivity contribution < 1.29 is 9.53 Å². The Hall–Kier alpha value is -2.95. The van der Waals surface area contributed by atoms with Crippen molar-refractivity contribution in [3.8, 4) is 17.1 Å². The topological polar surface area (TPSA) is 57.0 Å². The fourth-order valence-corrected chi connectivity index (χ4v) is 2.15. The minimum atomic E-state index is -0.401. The van der Waals surface area contributed by atoms with Crippen LogP contribution in [0, 0.1) is 0 Å². The van der Waals surface area contributed by atoms with Crippen molar-refractivity contribution in [1.82, 2.24) is 14.8 Å². The van der Waals surface area contributed by atoms with Crippen molar-refractivity contribution in [3.63, 3.8) is 0 Å². The number of pyridine rings is 1. The summed E-state index contributed by atoms with van der Waals surface area (Å²) < 4.78 is 6.65. The van der Waals surface area contributed by atoms with Gasteiger partial charge in [-0.15, -0.1) is 0 Å². The van der Waals surface area contributed by atoms with Crippen molar-refractivity contribution >= 4 is 5.97 Å². The summed E-state index contributed by atoms with van der Waals surface area (Å²) in [4.78, 5) is 16.3. The van der Waals surface area contributed by atoms with Gasteiger partial charge in [0.25, 0.3) is 0 Å². The lowest BCUT2D eigenvalue weighted by Gasteiger charge is -2.07. The molecule has 2 aromatic heterocycles. The van der Waals surface area contributed by atoms with Crippen molar-refractivity contribution in [2.24, 2.45) is 0 Å². The molecule has 5 heteroatoms. The first kappa shape index (κ1) is 14.0. The largest absolute Gasteiger partial charge is 0.462 e. The lowest BCUT2D eigenvalue weighted by atomic mass is 10.2. The van der Waals surface area contributed by atoms with E-state index in [2.05, 4.69) is 10.1 Å². The molecule has 0 unspecified atom stereocenters. The van der Waals surface area contributed by atoms with Crippen molar-refractivity contribution in [2.75, 3.05) is 6.61 Å². The van der Waals surface area contributed by atoms with Gasteiger partial charge in [0.2, 0.25) is 0 Å². The summed E-state index contributed by atoms with van der Waals surface area (Å²) in [5.74, 6) is 0.0606. The van der Waals surface area contributed by atoms with Crippen LogP contribution in [-0.2, 0) is 4.74 Å². The predicted molar refractivity (Wildman–Crippen MR) is 82.8 cm³/mol. The van der Waals surface area contributed by atoms with Gasteiger partial charge in [-0.25, -0.2) is 14.5 Å². The number of ether oxygens (including phenoxy) is 1. The fraction of sp³-hybridized carbons (Fsp3) is 0.118. The molecule has 0 amide bonds. The van der Waals surface area contributed by atoms with Gasteiger partial charge in [-0.1, -0.05) is 30.3 Å². The standard InChI is InChI=1S/C17H15N3O2/c1-2-22-17(21)14-9-6-11-18-16(14)20-12-10-15(19-20)13-7-4-3-5-8-13/h3-12H,2H2,1H3. The molecule has 5 nitrogen and oxygen atoms in total. The van der Waals surface area contributed by atoms with Crippen LogP contribution in [0.3, 0.4) is 0 Å². The normalized spacial score (nSPS) is 10.4. The second-order valence-corrected chi connectivity index (χ2v) is 4.61. The number of hydrogen-bond acceptors (Lipinski definition) is 4. The molecule has 0 atom stereocenters. The third-order valence-corrected chi connectivity index (χ3v) is 3.16. The molecule has 0 aliphatic heterocycles. The van der Waals surface area contributed by atoms with Crippen LogP contribution in [0.15, 0.2) is 60.9 Å². The van der Waals surface area contributed by atoms with Gasteiger partial charge in [0.15, 0.2) is 5.82 Å². The molecule has 110 valence electrons. The summed E-state index contributed by atoms with van der Waals surface area (Å²) in [6.07, 6.45) is 3.41. The molecular weight excluding hydrogens is 278 g/mol. The smallest absolute Gasteiger partial charge is 0.341 e. The van der Waals surface area contributed by atoms with Crippen LogP contribution in [0.25, 0.3) is 17.1 Å². The number of aromatic nitrogens is 3. The lowest BCUT2D eigenvalue weighted by Crippen LogP contribution is -2.11. The third kappa shape index (κ3) is 2.74. The molecule has 0 saturated carbocycles. The van der Waals surface area contributed by atoms with Crippen LogP contribution in [-0.4, -0.2) is 27.3 Å². The van der Waals surface area contributed by atoms with E-state index in [1.165, 1.54) is 0 Å². The van der Waals surface area contributed by atoms with Gasteiger partial charge in [-0.3, -0.25) is 0 Å². The van der Waals surface area contributed by atoms with Crippen molar-refractivity contribution in [1.29, 1.82) is 0 Å². The Kier molecular flexibility index (Phi) is 3.96. The van der Waals surface area contributed by atoms with E-state index in [0.29, 0.717) is 18.0 Å². The number of benzene rings is 1. The fourth-order valence-electron chi connectivity index (χ4n) is 2.15. The number of carbonyl (C=O) groups is 1. The van der Waals surface area contributed by atoms with E-state index in [9.17, 15) is 4.79 Å². The Morgan fingerprint density at radius 1 is 1.14 bits per heavy atom. The predicted octanol–water partition coefficient (Wildman–Crippen LogP) is 3.11. The number of rotatable bonds is 4. The van der Waals surface area contributed by atoms with Gasteiger partial charge >= 0.3 is 5.97 Å². The van der Waals surface area contributed by atoms with Gasteiger partial charge in [-0.05, 0) is 25.1 Å². The van der Waals surface area contributed by atoms with Gasteiger partial charge in [0.05, 0.1) is 12.3 Å². The van der Waals surface area contributed by atoms with E-state index in [1.807, 2.05) is 36.4 Å². The van der Waals surface area contributed by atoms with Crippen LogP contribution < -0.4 is 0 Å². The highest BCUT2D eigenvalue weighted by Crippen LogP contribution is 2.19. The van der Waals surface area contributed by atoms with E-state index >= 15 is 0 Å². The van der Waals surface area contributed by atoms with Crippen molar-refractivity contribution in [2.45, 2.75) is 6.92 Å². The molecular formula is C17H15N3O2. The average molecular weight is 293 g/mol. The molecule has 0 aliphatic rings. The van der Waals surface area contributed by atoms with Crippen LogP contribution in [0.5, 0.6) is 0 Å². The van der Waals surface area contributed by atoms with E-state index in [-0.39, 0.29) is 0 Å². The zero-order valence-corrected chi connectivity index (χ0v) is 12.1. The van der Waals surface area contributed by atoms with Crippen molar-refractivity contribution in [3.05, 3.63) is 66.5 Å². The molecule has 2 heterocycles. The van der Waals surface area contributed by atoms with E-state index in [4.69, 9.17) is 4.74 Å². The molecule has 0 N–H and O–H groups in total. The Balaban J connectivity index is 1.99. The number of nitrogens with zero attached hydrogens (tertiary/aromatic N) is 3. The minimum absolute atomic E-state index is 0.321. The first-order chi connectivity index (χ1) is 10.8. The maximum absolute atomic E-state index is 12.0. The number of esters is 1. The summed E-state index contributed by atoms with van der Waals surface area (Å²) in [5, 5.41) is 4.50. The zero-order chi connectivity index (χ0) is 15.4. The maximum atomic E-state index is 12.0. The summed E-state index contributed by atoms with van der Waals surface area (Å²) in [6, 6.07) is 15.1. The van der Waals surface area contributed by atoms with Crippen LogP contribution >= 0.6 is 0 Å². The van der Waals surface area contributed by atoms with E-state index in [0.717, 1.165) is 11.3 Å². The Labute approximate surface area is 128 Å². The van der Waals surface area contributed by atoms with Gasteiger partial charge in [-0.2, -0.15) is 5.10 Å². The Bertz CT molecular complexity index is 781. The molecule has 0 radical (unpaired) electrons. The molecule has 22 heavy (non-hydrogen) atoms. The maximum Gasteiger partial charge on any atom is 0.341 e. The number of carbonyl (C=O) groups excluding carboxylic acids is 1. The second kappa shape index (κ2) is 6.22. The summed E-state index contributed by atoms with van der Waals surface area (Å²) in [6.45, 7) is 2.09. The molecule has 1 aromatic carbocycles. The highest BCUT2D eigenvalue weighted by atomic mass is 16.5. The monoisotopic (exact) mass is 293 g/mol. The minimum Gasteiger partial charge on any atom is -0.462 e. The van der Waals surface area contributed by atoms with Gasteiger partial charge < -0.3 is 4.74 Å². The molecule has 0 saturated heterocycles. The summed E-state index contributed by atoms with van der Waals surface area (Å²) in [7, 11) is 0. The van der Waals surface area contributed by atoms with E-state index < -0.39 is 5.97 Å². The lowest BCUT2D eigenvalue weighted by molar-refractivity contribution is 0.0525. The first-order valence-corrected chi connectivity index (χ1v) is 7.03. The zero-order valence-electron chi connectivity index (χ0n) is 12.1. The van der Waals surface area contributed by atoms with Crippen LogP contribution in [0.1, 0.15) is 17.3 Å². The molecule has 0 bridgehead atoms. The molecule has 3 rings (SSSR count). The summed E-state index contributed by atoms with van der Waals surface area (Å²) in [5.41, 5.74) is 2.22. The summed E-state index contributed by atoms with van der Waals surface area (Å²) >= 11 is 0. The molecule has 3 aromatic rings. The first-order valence-electron chi connectivity index (χ1n) is 7.03. The molecule has 0 aliphatic carbocycles. The average Bonchev–Trinajstić information content (AvgIpc) is 3.06. The Morgan fingerprint density at radius 2 is 1.95 bits per heavy atom. The van der Waals surface area contributed by atoms with Crippen LogP contribution in [0.2, 0.25) is 0 Å². The van der Waals surface area contributed by atoms with Gasteiger partial charge in [0, 0.05) is 18.0 Å². The third-order valence-electron chi connectivity index (χ3n) is 3.16. The highest BCUT2D eigenvalue weighted by Gasteiger charge is 2.15. The number of hydrogen-bond donors (Lipinski definition) is 0. The molecule has 0 spiro atoms. The van der Waals surface area contributed by atoms with Gasteiger partial charge in [0.1, 0.15) is 5.56 Å². The Morgan fingerprint density at radius 3 is 2.73 bits per heavy atom.